The third-order valence-electron chi connectivity index (χ3n) is 4.36. The molecule has 2 heterocycles. The van der Waals surface area contributed by atoms with Gasteiger partial charge < -0.3 is 29.2 Å². The van der Waals surface area contributed by atoms with Gasteiger partial charge in [0.1, 0.15) is 22.6 Å². The van der Waals surface area contributed by atoms with E-state index in [0.29, 0.717) is 11.8 Å². The minimum absolute atomic E-state index is 0.0259. The summed E-state index contributed by atoms with van der Waals surface area (Å²) in [5, 5.41) is 20.1. The quantitative estimate of drug-likeness (QED) is 0.462. The number of esters is 2. The lowest BCUT2D eigenvalue weighted by atomic mass is 10.0. The topological polar surface area (TPSA) is 129 Å². The highest BCUT2D eigenvalue weighted by Gasteiger charge is 2.41. The van der Waals surface area contributed by atoms with Crippen LogP contribution in [-0.4, -0.2) is 35.5 Å². The highest BCUT2D eigenvalue weighted by Crippen LogP contribution is 2.51. The van der Waals surface area contributed by atoms with Crippen molar-refractivity contribution in [1.82, 2.24) is 0 Å². The molecule has 2 aromatic carbocycles. The van der Waals surface area contributed by atoms with Gasteiger partial charge in [-0.15, -0.1) is 0 Å². The Morgan fingerprint density at radius 3 is 2.52 bits per heavy atom. The summed E-state index contributed by atoms with van der Waals surface area (Å²) in [6.07, 6.45) is -1.28. The van der Waals surface area contributed by atoms with E-state index >= 15 is 0 Å². The number of aliphatic hydroxyl groups excluding tert-OH is 1. The zero-order valence-corrected chi connectivity index (χ0v) is 14.1. The molecule has 4 rings (SSSR count). The molecule has 9 nitrogen and oxygen atoms in total. The van der Waals surface area contributed by atoms with Gasteiger partial charge in [-0.25, -0.2) is 9.59 Å². The maximum atomic E-state index is 12.6. The molecule has 0 unspecified atom stereocenters. The molecule has 0 saturated carbocycles. The number of aromatic hydroxyl groups is 1. The van der Waals surface area contributed by atoms with Crippen molar-refractivity contribution >= 4 is 18.2 Å². The van der Waals surface area contributed by atoms with Crippen LogP contribution in [0.4, 0.5) is 0 Å². The predicted molar refractivity (Wildman–Crippen MR) is 86.6 cm³/mol. The van der Waals surface area contributed by atoms with Crippen LogP contribution in [0.5, 0.6) is 28.7 Å². The van der Waals surface area contributed by atoms with Gasteiger partial charge >= 0.3 is 11.9 Å². The Kier molecular flexibility index (Phi) is 3.57. The lowest BCUT2D eigenvalue weighted by molar-refractivity contribution is -0.0555. The molecule has 0 amide bonds. The average molecular weight is 372 g/mol. The lowest BCUT2D eigenvalue weighted by Crippen LogP contribution is -2.11. The molecule has 0 aromatic heterocycles. The van der Waals surface area contributed by atoms with Crippen LogP contribution in [0.3, 0.4) is 0 Å². The number of aliphatic hydroxyl groups is 1. The summed E-state index contributed by atoms with van der Waals surface area (Å²) in [5.74, 6) is -2.78. The summed E-state index contributed by atoms with van der Waals surface area (Å²) in [7, 11) is 1.35. The molecule has 2 N–H and O–H groups in total. The number of methoxy groups -OCH3 is 1. The zero-order chi connectivity index (χ0) is 19.5. The monoisotopic (exact) mass is 372 g/mol. The number of fused-ring (bicyclic) bond motifs is 4. The maximum absolute atomic E-state index is 12.6. The molecule has 2 aliphatic rings. The molecule has 138 valence electrons. The number of aldehydes is 1. The Bertz CT molecular complexity index is 1040. The third kappa shape index (κ3) is 2.25. The zero-order valence-electron chi connectivity index (χ0n) is 14.1. The van der Waals surface area contributed by atoms with Crippen molar-refractivity contribution in [2.45, 2.75) is 13.2 Å². The number of ether oxygens (including phenoxy) is 4. The molecule has 0 spiro atoms. The summed E-state index contributed by atoms with van der Waals surface area (Å²) in [4.78, 5) is 36.1. The first-order valence-corrected chi connectivity index (χ1v) is 7.73. The van der Waals surface area contributed by atoms with Gasteiger partial charge in [0.05, 0.1) is 18.2 Å². The van der Waals surface area contributed by atoms with E-state index in [1.54, 1.807) is 6.92 Å². The Labute approximate surface area is 151 Å². The second-order valence-electron chi connectivity index (χ2n) is 5.89. The predicted octanol–water partition coefficient (Wildman–Crippen LogP) is 2.01. The highest BCUT2D eigenvalue weighted by atomic mass is 16.6. The first-order chi connectivity index (χ1) is 12.9. The van der Waals surface area contributed by atoms with Crippen LogP contribution in [0.25, 0.3) is 0 Å². The average Bonchev–Trinajstić information content (AvgIpc) is 2.83. The number of carbonyl (C=O) groups excluding carboxylic acids is 3. The largest absolute Gasteiger partial charge is 0.507 e. The number of phenols is 1. The number of carbonyl (C=O) groups is 3. The van der Waals surface area contributed by atoms with Crippen LogP contribution < -0.4 is 14.2 Å². The first kappa shape index (κ1) is 16.9. The normalized spacial score (nSPS) is 16.9. The molecule has 0 saturated heterocycles. The second-order valence-corrected chi connectivity index (χ2v) is 5.89. The molecular formula is C18H12O9. The highest BCUT2D eigenvalue weighted by molar-refractivity contribution is 6.03. The van der Waals surface area contributed by atoms with Crippen molar-refractivity contribution in [3.8, 4) is 28.7 Å². The number of aryl methyl sites for hydroxylation is 1. The summed E-state index contributed by atoms with van der Waals surface area (Å²) >= 11 is 0. The van der Waals surface area contributed by atoms with Crippen LogP contribution >= 0.6 is 0 Å². The van der Waals surface area contributed by atoms with Crippen LogP contribution in [-0.2, 0) is 4.74 Å². The number of benzene rings is 2. The summed E-state index contributed by atoms with van der Waals surface area (Å²) in [6.45, 7) is 1.60. The molecule has 9 heteroatoms. The minimum Gasteiger partial charge on any atom is -0.507 e. The minimum atomic E-state index is -1.74. The molecule has 0 aliphatic carbocycles. The summed E-state index contributed by atoms with van der Waals surface area (Å²) in [6, 6.07) is 2.48. The van der Waals surface area contributed by atoms with Crippen LogP contribution in [0.2, 0.25) is 0 Å². The van der Waals surface area contributed by atoms with Crippen LogP contribution in [0.15, 0.2) is 12.1 Å². The molecule has 2 aliphatic heterocycles. The fourth-order valence-corrected chi connectivity index (χ4v) is 3.16. The Hall–Kier alpha value is -3.59. The first-order valence-electron chi connectivity index (χ1n) is 7.73. The van der Waals surface area contributed by atoms with Crippen molar-refractivity contribution < 1.29 is 43.5 Å². The van der Waals surface area contributed by atoms with Gasteiger partial charge in [-0.2, -0.15) is 0 Å². The summed E-state index contributed by atoms with van der Waals surface area (Å²) < 4.78 is 20.9. The van der Waals surface area contributed by atoms with E-state index in [9.17, 15) is 24.6 Å². The number of cyclic esters (lactones) is 1. The fraction of sp³-hybridized carbons (Fsp3) is 0.167. The van der Waals surface area contributed by atoms with Crippen LogP contribution in [0, 0.1) is 6.92 Å². The van der Waals surface area contributed by atoms with E-state index in [1.807, 2.05) is 0 Å². The van der Waals surface area contributed by atoms with Gasteiger partial charge in [0, 0.05) is 6.07 Å². The fourth-order valence-electron chi connectivity index (χ4n) is 3.16. The van der Waals surface area contributed by atoms with E-state index in [-0.39, 0.29) is 45.3 Å². The van der Waals surface area contributed by atoms with Gasteiger partial charge in [-0.3, -0.25) is 4.79 Å². The smallest absolute Gasteiger partial charge is 0.347 e. The Balaban J connectivity index is 2.05. The number of hydrogen-bond acceptors (Lipinski definition) is 9. The Morgan fingerprint density at radius 2 is 1.85 bits per heavy atom. The molecule has 0 radical (unpaired) electrons. The lowest BCUT2D eigenvalue weighted by Gasteiger charge is -2.15. The number of phenolic OH excluding ortho intramolecular Hbond substituents is 1. The molecular weight excluding hydrogens is 360 g/mol. The van der Waals surface area contributed by atoms with E-state index in [4.69, 9.17) is 18.9 Å². The number of rotatable bonds is 2. The van der Waals surface area contributed by atoms with Gasteiger partial charge in [0.25, 0.3) is 0 Å². The maximum Gasteiger partial charge on any atom is 0.347 e. The van der Waals surface area contributed by atoms with Crippen molar-refractivity contribution in [2.24, 2.45) is 0 Å². The molecule has 0 fully saturated rings. The van der Waals surface area contributed by atoms with Gasteiger partial charge in [-0.1, -0.05) is 0 Å². The van der Waals surface area contributed by atoms with E-state index in [2.05, 4.69) is 0 Å². The third-order valence-corrected chi connectivity index (χ3v) is 4.36. The van der Waals surface area contributed by atoms with Crippen molar-refractivity contribution in [2.75, 3.05) is 7.11 Å². The Morgan fingerprint density at radius 1 is 1.11 bits per heavy atom. The van der Waals surface area contributed by atoms with Crippen molar-refractivity contribution in [1.29, 1.82) is 0 Å². The number of hydrogen-bond donors (Lipinski definition) is 2. The standard InChI is InChI=1S/C18H12O9/c1-6-3-9(24-2)7(5-19)14-11(6)16(21)25-10-4-8(20)12-13(15(10)26-14)18(23)27-17(12)22/h3-5,18,20,23H,1-2H3/t18-/m0/s1. The van der Waals surface area contributed by atoms with Gasteiger partial charge in [-0.05, 0) is 18.6 Å². The second kappa shape index (κ2) is 5.71. The van der Waals surface area contributed by atoms with Crippen molar-refractivity contribution in [3.63, 3.8) is 0 Å². The molecule has 0 bridgehead atoms. The van der Waals surface area contributed by atoms with E-state index < -0.39 is 24.0 Å². The van der Waals surface area contributed by atoms with E-state index in [1.165, 1.54) is 13.2 Å². The van der Waals surface area contributed by atoms with Crippen molar-refractivity contribution in [3.05, 3.63) is 39.9 Å². The summed E-state index contributed by atoms with van der Waals surface area (Å²) in [5.41, 5.74) is -0.175. The van der Waals surface area contributed by atoms with Crippen LogP contribution in [0.1, 0.15) is 48.5 Å². The molecule has 27 heavy (non-hydrogen) atoms. The van der Waals surface area contributed by atoms with Gasteiger partial charge in [0.15, 0.2) is 23.5 Å². The molecule has 2 aromatic rings. The molecule has 1 atom stereocenters. The van der Waals surface area contributed by atoms with Gasteiger partial charge in [0.2, 0.25) is 6.29 Å². The SMILES string of the molecule is COc1cc(C)c2c(c1C=O)Oc1c(cc(O)c3c1[C@@H](O)OC3=O)OC2=O. The van der Waals surface area contributed by atoms with E-state index in [0.717, 1.165) is 6.07 Å².